The minimum Gasteiger partial charge on any atom is -0.467 e. The zero-order chi connectivity index (χ0) is 26.7. The monoisotopic (exact) mass is 545 g/mol. The second kappa shape index (κ2) is 8.82. The highest BCUT2D eigenvalue weighted by molar-refractivity contribution is 8.15. The molecule has 1 aromatic carbocycles. The number of thioether (sulfide) groups is 1. The molecule has 6 rings (SSSR count). The van der Waals surface area contributed by atoms with Gasteiger partial charge in [0.15, 0.2) is 29.2 Å². The van der Waals surface area contributed by atoms with Crippen LogP contribution in [-0.4, -0.2) is 36.3 Å². The molecule has 0 saturated heterocycles. The fraction of sp³-hybridized carbons (Fsp3) is 0.292. The van der Waals surface area contributed by atoms with Crippen molar-refractivity contribution in [3.63, 3.8) is 0 Å². The van der Waals surface area contributed by atoms with E-state index in [1.807, 2.05) is 0 Å². The Balaban J connectivity index is 1.32. The summed E-state index contributed by atoms with van der Waals surface area (Å²) in [5, 5.41) is 2.85. The molecule has 196 valence electrons. The topological polar surface area (TPSA) is 124 Å². The zero-order valence-corrected chi connectivity index (χ0v) is 20.5. The third kappa shape index (κ3) is 3.99. The van der Waals surface area contributed by atoms with Crippen molar-refractivity contribution in [1.82, 2.24) is 19.9 Å². The van der Waals surface area contributed by atoms with Gasteiger partial charge in [0.25, 0.3) is 6.43 Å². The Morgan fingerprint density at radius 3 is 2.84 bits per heavy atom. The van der Waals surface area contributed by atoms with Crippen LogP contribution in [0.3, 0.4) is 0 Å². The van der Waals surface area contributed by atoms with Crippen LogP contribution in [0.4, 0.5) is 29.1 Å². The highest BCUT2D eigenvalue weighted by Gasteiger charge is 2.71. The number of benzene rings is 1. The number of nitrogens with zero attached hydrogens (tertiary/aromatic N) is 5. The van der Waals surface area contributed by atoms with Crippen LogP contribution in [0.25, 0.3) is 11.0 Å². The molecule has 4 heterocycles. The molecule has 4 aromatic rings. The Morgan fingerprint density at radius 1 is 1.24 bits per heavy atom. The quantitative estimate of drug-likeness (QED) is 0.312. The molecule has 3 N–H and O–H groups in total. The van der Waals surface area contributed by atoms with Gasteiger partial charge in [-0.2, -0.15) is 0 Å². The van der Waals surface area contributed by atoms with Crippen molar-refractivity contribution in [3.05, 3.63) is 66.1 Å². The normalized spacial score (nSPS) is 24.3. The number of aliphatic imine (C=N–C) groups is 1. The molecular weight excluding hydrogens is 526 g/mol. The maximum atomic E-state index is 15.1. The van der Waals surface area contributed by atoms with Gasteiger partial charge in [0.2, 0.25) is 11.8 Å². The van der Waals surface area contributed by atoms with E-state index in [1.165, 1.54) is 37.8 Å². The number of hydrogen-bond acceptors (Lipinski definition) is 10. The number of nitrogens with two attached hydrogens (primary N) is 1. The maximum absolute atomic E-state index is 15.1. The molecular formula is C24H19F4N7O2S. The van der Waals surface area contributed by atoms with E-state index in [4.69, 9.17) is 14.9 Å². The lowest BCUT2D eigenvalue weighted by atomic mass is 9.85. The van der Waals surface area contributed by atoms with Crippen LogP contribution < -0.4 is 15.8 Å². The van der Waals surface area contributed by atoms with E-state index in [1.54, 1.807) is 6.07 Å². The summed E-state index contributed by atoms with van der Waals surface area (Å²) in [5.74, 6) is -2.26. The Morgan fingerprint density at radius 2 is 2.08 bits per heavy atom. The number of fused-ring (bicyclic) bond motifs is 2. The second-order valence-electron chi connectivity index (χ2n) is 9.11. The number of nitrogens with one attached hydrogen (secondary N) is 1. The van der Waals surface area contributed by atoms with E-state index in [9.17, 15) is 13.2 Å². The summed E-state index contributed by atoms with van der Waals surface area (Å²) in [4.78, 5) is 21.3. The minimum absolute atomic E-state index is 0.0547. The molecule has 0 radical (unpaired) electrons. The number of hydrogen-bond donors (Lipinski definition) is 2. The molecule has 38 heavy (non-hydrogen) atoms. The van der Waals surface area contributed by atoms with Crippen molar-refractivity contribution >= 4 is 39.5 Å². The Hall–Kier alpha value is -3.94. The summed E-state index contributed by atoms with van der Waals surface area (Å²) < 4.78 is 66.8. The van der Waals surface area contributed by atoms with Gasteiger partial charge in [0.05, 0.1) is 28.2 Å². The molecule has 0 bridgehead atoms. The van der Waals surface area contributed by atoms with Gasteiger partial charge in [0, 0.05) is 29.4 Å². The molecule has 0 amide bonds. The van der Waals surface area contributed by atoms with Crippen molar-refractivity contribution in [2.45, 2.75) is 36.7 Å². The number of oxazole rings is 1. The van der Waals surface area contributed by atoms with E-state index in [0.717, 1.165) is 17.8 Å². The predicted molar refractivity (Wildman–Crippen MR) is 131 cm³/mol. The van der Waals surface area contributed by atoms with Gasteiger partial charge in [-0.25, -0.2) is 37.5 Å². The lowest BCUT2D eigenvalue weighted by Gasteiger charge is -2.34. The average molecular weight is 546 g/mol. The van der Waals surface area contributed by atoms with Crippen molar-refractivity contribution in [3.8, 4) is 5.88 Å². The number of rotatable bonds is 7. The van der Waals surface area contributed by atoms with E-state index < -0.39 is 34.3 Å². The number of halogens is 4. The number of amidine groups is 1. The molecule has 1 fully saturated rings. The molecule has 1 aliphatic heterocycles. The molecule has 14 heteroatoms. The lowest BCUT2D eigenvalue weighted by Crippen LogP contribution is -2.39. The van der Waals surface area contributed by atoms with Crippen LogP contribution in [0.1, 0.15) is 24.8 Å². The summed E-state index contributed by atoms with van der Waals surface area (Å²) in [6, 6.07) is 3.89. The number of aromatic nitrogens is 4. The molecule has 3 aromatic heterocycles. The molecule has 2 aliphatic rings. The molecule has 1 unspecified atom stereocenters. The molecule has 0 spiro atoms. The maximum Gasteiger partial charge on any atom is 0.253 e. The molecule has 1 aliphatic carbocycles. The summed E-state index contributed by atoms with van der Waals surface area (Å²) in [6.45, 7) is 1.55. The average Bonchev–Trinajstić information content (AvgIpc) is 3.42. The standard InChI is InChI=1S/C24H19F4N7O2S/c1-23(15-8-24(15,21(27)28)38-22(29)35-23)12-6-11(7-13(25)18(12)26)33-20-19-14(2-3-31-20)34-16(9-32-19)37-10-17-30-4-5-36-17/h2-7,9,15,21H,8,10H2,1H3,(H2,29,35)(H,31,33)/t15?,23-,24+/m1/s1. The molecule has 1 saturated carbocycles. The fourth-order valence-corrected chi connectivity index (χ4v) is 6.16. The van der Waals surface area contributed by atoms with Crippen LogP contribution in [0.5, 0.6) is 5.88 Å². The third-order valence-corrected chi connectivity index (χ3v) is 8.05. The van der Waals surface area contributed by atoms with Gasteiger partial charge >= 0.3 is 0 Å². The lowest BCUT2D eigenvalue weighted by molar-refractivity contribution is 0.123. The summed E-state index contributed by atoms with van der Waals surface area (Å²) in [5.41, 5.74) is 5.09. The van der Waals surface area contributed by atoms with Crippen LogP contribution >= 0.6 is 11.8 Å². The van der Waals surface area contributed by atoms with Gasteiger partial charge in [-0.3, -0.25) is 4.99 Å². The van der Waals surface area contributed by atoms with Crippen molar-refractivity contribution in [2.24, 2.45) is 16.6 Å². The van der Waals surface area contributed by atoms with Gasteiger partial charge in [-0.05, 0) is 25.5 Å². The zero-order valence-electron chi connectivity index (χ0n) is 19.7. The summed E-state index contributed by atoms with van der Waals surface area (Å²) >= 11 is 0.792. The number of anilines is 2. The van der Waals surface area contributed by atoms with Crippen molar-refractivity contribution < 1.29 is 26.7 Å². The highest BCUT2D eigenvalue weighted by atomic mass is 32.2. The number of ether oxygens (including phenoxy) is 1. The summed E-state index contributed by atoms with van der Waals surface area (Å²) in [7, 11) is 0. The van der Waals surface area contributed by atoms with E-state index >= 15 is 4.39 Å². The first-order chi connectivity index (χ1) is 18.2. The largest absolute Gasteiger partial charge is 0.467 e. The van der Waals surface area contributed by atoms with E-state index in [0.29, 0.717) is 16.9 Å². The summed E-state index contributed by atoms with van der Waals surface area (Å²) in [6.07, 6.45) is 3.14. The first-order valence-electron chi connectivity index (χ1n) is 11.4. The van der Waals surface area contributed by atoms with Crippen molar-refractivity contribution in [1.29, 1.82) is 0 Å². The third-order valence-electron chi connectivity index (χ3n) is 6.74. The first-order valence-corrected chi connectivity index (χ1v) is 12.2. The van der Waals surface area contributed by atoms with Crippen LogP contribution in [-0.2, 0) is 12.1 Å². The van der Waals surface area contributed by atoms with Crippen LogP contribution in [0, 0.1) is 17.6 Å². The Kier molecular flexibility index (Phi) is 5.67. The van der Waals surface area contributed by atoms with Crippen LogP contribution in [0.15, 0.2) is 52.5 Å². The van der Waals surface area contributed by atoms with Gasteiger partial charge in [-0.15, -0.1) is 0 Å². The fourth-order valence-electron chi connectivity index (χ4n) is 4.82. The Bertz CT molecular complexity index is 1570. The van der Waals surface area contributed by atoms with Gasteiger partial charge in [0.1, 0.15) is 11.8 Å². The van der Waals surface area contributed by atoms with Gasteiger partial charge < -0.3 is 20.2 Å². The minimum atomic E-state index is -2.69. The Labute approximate surface area is 216 Å². The van der Waals surface area contributed by atoms with Gasteiger partial charge in [-0.1, -0.05) is 11.8 Å². The first kappa shape index (κ1) is 24.4. The van der Waals surface area contributed by atoms with Crippen LogP contribution in [0.2, 0.25) is 0 Å². The predicted octanol–water partition coefficient (Wildman–Crippen LogP) is 4.91. The van der Waals surface area contributed by atoms with E-state index in [2.05, 4.69) is 30.2 Å². The highest BCUT2D eigenvalue weighted by Crippen LogP contribution is 2.68. The number of alkyl halides is 2. The number of pyridine rings is 1. The molecule has 3 atom stereocenters. The SMILES string of the molecule is C[C@]1(c2cc(Nc3nccc4nc(OCc5ncco5)cnc34)cc(F)c2F)N=C(N)S[C@@]2(C(F)F)CC21. The van der Waals surface area contributed by atoms with Crippen molar-refractivity contribution in [2.75, 3.05) is 5.32 Å². The van der Waals surface area contributed by atoms with E-state index in [-0.39, 0.29) is 41.1 Å². The second-order valence-corrected chi connectivity index (χ2v) is 10.5. The smallest absolute Gasteiger partial charge is 0.253 e. The molecule has 9 nitrogen and oxygen atoms in total.